The van der Waals surface area contributed by atoms with Crippen LogP contribution in [0.3, 0.4) is 0 Å². The number of carbonyl (C=O) groups excluding carboxylic acids is 1. The predicted octanol–water partition coefficient (Wildman–Crippen LogP) is 0.216. The Morgan fingerprint density at radius 3 is 2.74 bits per heavy atom. The molecular weight excluding hydrogens is 476 g/mol. The molecule has 0 aliphatic heterocycles. The first-order valence-electron chi connectivity index (χ1n) is 10.9. The summed E-state index contributed by atoms with van der Waals surface area (Å²) in [5.74, 6) is -0.617. The van der Waals surface area contributed by atoms with E-state index in [2.05, 4.69) is 24.6 Å². The van der Waals surface area contributed by atoms with E-state index in [0.29, 0.717) is 25.1 Å². The number of nitrogens with zero attached hydrogens (tertiary/aromatic N) is 4. The second-order valence-electron chi connectivity index (χ2n) is 8.35. The molecule has 0 saturated heterocycles. The number of carbonyl (C=O) groups is 1. The lowest BCUT2D eigenvalue weighted by molar-refractivity contribution is 0.101. The van der Waals surface area contributed by atoms with Crippen molar-refractivity contribution in [3.05, 3.63) is 71.4 Å². The van der Waals surface area contributed by atoms with Crippen LogP contribution in [0.1, 0.15) is 40.2 Å². The molecule has 1 saturated carbocycles. The molecule has 0 amide bonds. The van der Waals surface area contributed by atoms with Crippen LogP contribution in [-0.4, -0.2) is 62.9 Å². The van der Waals surface area contributed by atoms with Crippen molar-refractivity contribution >= 4 is 21.9 Å². The van der Waals surface area contributed by atoms with Gasteiger partial charge in [0.1, 0.15) is 17.8 Å². The Balaban J connectivity index is 1.50. The highest BCUT2D eigenvalue weighted by Gasteiger charge is 2.35. The minimum absolute atomic E-state index is 0.133. The van der Waals surface area contributed by atoms with Crippen LogP contribution in [0.4, 0.5) is 5.82 Å². The van der Waals surface area contributed by atoms with Crippen molar-refractivity contribution in [3.63, 3.8) is 0 Å². The quantitative estimate of drug-likeness (QED) is 0.280. The molecule has 0 unspecified atom stereocenters. The first kappa shape index (κ1) is 24.9. The van der Waals surface area contributed by atoms with Crippen molar-refractivity contribution in [3.8, 4) is 0 Å². The van der Waals surface area contributed by atoms with Crippen LogP contribution in [0, 0.1) is 5.92 Å². The topological polar surface area (TPSA) is 183 Å². The lowest BCUT2D eigenvalue weighted by atomic mass is 10.1. The van der Waals surface area contributed by atoms with E-state index >= 15 is 0 Å². The maximum Gasteiger partial charge on any atom is 0.333 e. The van der Waals surface area contributed by atoms with Gasteiger partial charge < -0.3 is 15.5 Å². The summed E-state index contributed by atoms with van der Waals surface area (Å²) < 4.78 is 28.3. The van der Waals surface area contributed by atoms with Gasteiger partial charge in [-0.1, -0.05) is 30.3 Å². The van der Waals surface area contributed by atoms with Gasteiger partial charge in [0.25, 0.3) is 0 Å². The van der Waals surface area contributed by atoms with E-state index in [-0.39, 0.29) is 36.3 Å². The number of aliphatic hydroxyl groups excluding tert-OH is 2. The van der Waals surface area contributed by atoms with Crippen molar-refractivity contribution in [1.82, 2.24) is 19.7 Å². The molecule has 0 bridgehead atoms. The zero-order valence-electron chi connectivity index (χ0n) is 18.7. The third-order valence-corrected chi connectivity index (χ3v) is 6.30. The molecule has 35 heavy (non-hydrogen) atoms. The molecule has 1 aliphatic carbocycles. The highest BCUT2D eigenvalue weighted by molar-refractivity contribution is 7.84. The molecule has 3 atom stereocenters. The van der Waals surface area contributed by atoms with Crippen molar-refractivity contribution < 1.29 is 27.6 Å². The largest absolute Gasteiger partial charge is 0.393 e. The highest BCUT2D eigenvalue weighted by Crippen LogP contribution is 2.30. The molecule has 3 aromatic rings. The van der Waals surface area contributed by atoms with E-state index in [1.165, 1.54) is 18.6 Å². The molecule has 1 fully saturated rings. The summed E-state index contributed by atoms with van der Waals surface area (Å²) in [4.78, 5) is 21.4. The van der Waals surface area contributed by atoms with Crippen molar-refractivity contribution in [2.45, 2.75) is 38.1 Å². The maximum absolute atomic E-state index is 13.3. The monoisotopic (exact) mass is 502 g/mol. The number of benzene rings is 1. The lowest BCUT2D eigenvalue weighted by Crippen LogP contribution is -2.24. The third-order valence-electron chi connectivity index (χ3n) is 5.83. The molecule has 2 heterocycles. The van der Waals surface area contributed by atoms with E-state index in [1.807, 2.05) is 30.3 Å². The average molecular weight is 503 g/mol. The van der Waals surface area contributed by atoms with Gasteiger partial charge in [0.05, 0.1) is 37.1 Å². The summed E-state index contributed by atoms with van der Waals surface area (Å²) in [6, 6.07) is 10.8. The first-order chi connectivity index (χ1) is 16.7. The number of hydrogen-bond donors (Lipinski definition) is 4. The smallest absolute Gasteiger partial charge is 0.333 e. The Labute approximate surface area is 202 Å². The average Bonchev–Trinajstić information content (AvgIpc) is 3.40. The Bertz CT molecular complexity index is 1280. The number of nitrogens with two attached hydrogens (primary N) is 1. The molecule has 186 valence electrons. The lowest BCUT2D eigenvalue weighted by Gasteiger charge is -2.15. The molecule has 12 nitrogen and oxygen atoms in total. The molecule has 1 aliphatic rings. The minimum atomic E-state index is -4.11. The van der Waals surface area contributed by atoms with Gasteiger partial charge in [0.2, 0.25) is 5.78 Å². The van der Waals surface area contributed by atoms with E-state index in [9.17, 15) is 23.4 Å². The number of rotatable bonds is 10. The second kappa shape index (κ2) is 10.6. The Morgan fingerprint density at radius 1 is 1.26 bits per heavy atom. The van der Waals surface area contributed by atoms with Crippen LogP contribution >= 0.6 is 0 Å². The van der Waals surface area contributed by atoms with E-state index in [4.69, 9.17) is 5.14 Å². The van der Waals surface area contributed by atoms with Gasteiger partial charge in [-0.25, -0.2) is 15.1 Å². The third kappa shape index (κ3) is 6.26. The van der Waals surface area contributed by atoms with Crippen molar-refractivity contribution in [2.75, 3.05) is 11.9 Å². The van der Waals surface area contributed by atoms with Crippen LogP contribution in [0.15, 0.2) is 48.9 Å². The zero-order chi connectivity index (χ0) is 25.0. The molecule has 2 aromatic heterocycles. The molecule has 13 heteroatoms. The SMILES string of the molecule is NS(=O)(=O)OC[C@H]1C[C@@H](Nc2ncncc2C(=O)c2cc(CO)n(Cc3ccccc3)n2)C[C@@H]1O. The van der Waals surface area contributed by atoms with E-state index in [0.717, 1.165) is 5.56 Å². The molecule has 0 radical (unpaired) electrons. The van der Waals surface area contributed by atoms with Gasteiger partial charge in [-0.05, 0) is 24.5 Å². The van der Waals surface area contributed by atoms with Gasteiger partial charge >= 0.3 is 10.3 Å². The fraction of sp³-hybridized carbons (Fsp3) is 0.364. The summed E-state index contributed by atoms with van der Waals surface area (Å²) in [5.41, 5.74) is 1.77. The summed E-state index contributed by atoms with van der Waals surface area (Å²) in [7, 11) is -4.11. The first-order valence-corrected chi connectivity index (χ1v) is 12.4. The van der Waals surface area contributed by atoms with Gasteiger partial charge in [0.15, 0.2) is 0 Å². The second-order valence-corrected chi connectivity index (χ2v) is 9.58. The minimum Gasteiger partial charge on any atom is -0.393 e. The summed E-state index contributed by atoms with van der Waals surface area (Å²) in [6.07, 6.45) is 2.54. The Hall–Kier alpha value is -3.23. The van der Waals surface area contributed by atoms with Gasteiger partial charge in [0, 0.05) is 18.2 Å². The molecular formula is C22H26N6O6S. The maximum atomic E-state index is 13.3. The van der Waals surface area contributed by atoms with Gasteiger partial charge in [-0.3, -0.25) is 13.7 Å². The summed E-state index contributed by atoms with van der Waals surface area (Å²) >= 11 is 0. The fourth-order valence-electron chi connectivity index (χ4n) is 4.11. The van der Waals surface area contributed by atoms with Crippen LogP contribution in [0.5, 0.6) is 0 Å². The summed E-state index contributed by atoms with van der Waals surface area (Å²) in [6.45, 7) is -0.135. The molecule has 1 aromatic carbocycles. The normalized spacial score (nSPS) is 20.1. The standard InChI is InChI=1S/C22H26N6O6S/c23-35(32,33)34-12-15-6-16(7-20(15)30)26-22-18(9-24-13-25-22)21(31)19-8-17(11-29)28(27-19)10-14-4-2-1-3-5-14/h1-5,8-9,13,15-16,20,29-30H,6-7,10-12H2,(H2,23,32,33)(H,24,25,26)/t15-,16-,20+/m1/s1. The van der Waals surface area contributed by atoms with Crippen molar-refractivity contribution in [2.24, 2.45) is 11.1 Å². The van der Waals surface area contributed by atoms with Gasteiger partial charge in [-0.2, -0.15) is 13.5 Å². The Kier molecular flexibility index (Phi) is 7.52. The van der Waals surface area contributed by atoms with Crippen LogP contribution in [0.25, 0.3) is 0 Å². The zero-order valence-corrected chi connectivity index (χ0v) is 19.5. The Morgan fingerprint density at radius 2 is 2.03 bits per heavy atom. The van der Waals surface area contributed by atoms with Crippen LogP contribution in [0.2, 0.25) is 0 Å². The number of aromatic nitrogens is 4. The van der Waals surface area contributed by atoms with Crippen molar-refractivity contribution in [1.29, 1.82) is 0 Å². The van der Waals surface area contributed by atoms with Crippen LogP contribution in [-0.2, 0) is 27.6 Å². The van der Waals surface area contributed by atoms with E-state index < -0.39 is 28.1 Å². The number of aliphatic hydroxyl groups is 2. The fourth-order valence-corrected chi connectivity index (χ4v) is 4.48. The number of hydrogen-bond acceptors (Lipinski definition) is 10. The van der Waals surface area contributed by atoms with Gasteiger partial charge in [-0.15, -0.1) is 0 Å². The number of ketones is 1. The van der Waals surface area contributed by atoms with Crippen LogP contribution < -0.4 is 10.5 Å². The predicted molar refractivity (Wildman–Crippen MR) is 124 cm³/mol. The van der Waals surface area contributed by atoms with E-state index in [1.54, 1.807) is 4.68 Å². The summed E-state index contributed by atoms with van der Waals surface area (Å²) in [5, 5.41) is 32.4. The number of nitrogens with one attached hydrogen (secondary N) is 1. The number of anilines is 1. The molecule has 0 spiro atoms. The highest BCUT2D eigenvalue weighted by atomic mass is 32.2. The molecule has 4 rings (SSSR count). The molecule has 5 N–H and O–H groups in total.